The number of para-hydroxylation sites is 1. The second-order valence-corrected chi connectivity index (χ2v) is 7.78. The normalized spacial score (nSPS) is 17.7. The van der Waals surface area contributed by atoms with E-state index in [0.29, 0.717) is 6.61 Å². The molecule has 0 heterocycles. The lowest BCUT2D eigenvalue weighted by molar-refractivity contribution is 0.337. The van der Waals surface area contributed by atoms with Gasteiger partial charge < -0.3 is 9.05 Å². The first kappa shape index (κ1) is 14.6. The minimum Gasteiger partial charge on any atom is -0.440 e. The van der Waals surface area contributed by atoms with Crippen molar-refractivity contribution in [1.29, 1.82) is 0 Å². The molecule has 1 aliphatic rings. The van der Waals surface area contributed by atoms with E-state index in [2.05, 4.69) is 0 Å². The topological polar surface area (TPSA) is 18.5 Å². The van der Waals surface area contributed by atoms with Crippen LogP contribution in [-0.2, 0) is 16.3 Å². The van der Waals surface area contributed by atoms with Gasteiger partial charge in [-0.15, -0.1) is 0 Å². The summed E-state index contributed by atoms with van der Waals surface area (Å²) in [5, 5.41) is 0.853. The van der Waals surface area contributed by atoms with E-state index >= 15 is 0 Å². The van der Waals surface area contributed by atoms with E-state index < -0.39 is 6.49 Å². The molecule has 100 valence electrons. The van der Waals surface area contributed by atoms with Gasteiger partial charge in [0.25, 0.3) is 6.49 Å². The SMILES string of the molecule is CCOP(=S)(Oc1ccccc1)C1=CC=CCC1=S. The molecule has 0 aliphatic heterocycles. The van der Waals surface area contributed by atoms with Gasteiger partial charge in [-0.1, -0.05) is 42.6 Å². The van der Waals surface area contributed by atoms with Crippen molar-refractivity contribution < 1.29 is 9.05 Å². The number of hydrogen-bond acceptors (Lipinski definition) is 4. The van der Waals surface area contributed by atoms with E-state index in [0.717, 1.165) is 22.3 Å². The average molecular weight is 310 g/mol. The molecule has 0 bridgehead atoms. The fraction of sp³-hybridized carbons (Fsp3) is 0.214. The van der Waals surface area contributed by atoms with Gasteiger partial charge in [-0.25, -0.2) is 0 Å². The Balaban J connectivity index is 2.32. The zero-order valence-corrected chi connectivity index (χ0v) is 13.1. The Morgan fingerprint density at radius 2 is 2.00 bits per heavy atom. The zero-order chi connectivity index (χ0) is 13.7. The van der Waals surface area contributed by atoms with Crippen LogP contribution < -0.4 is 4.52 Å². The molecule has 1 aliphatic carbocycles. The van der Waals surface area contributed by atoms with Crippen molar-refractivity contribution >= 4 is 35.4 Å². The van der Waals surface area contributed by atoms with E-state index in [1.54, 1.807) is 0 Å². The molecule has 0 amide bonds. The van der Waals surface area contributed by atoms with Crippen LogP contribution in [0.3, 0.4) is 0 Å². The lowest BCUT2D eigenvalue weighted by atomic mass is 10.2. The van der Waals surface area contributed by atoms with Crippen LogP contribution in [0.25, 0.3) is 0 Å². The molecule has 0 saturated heterocycles. The summed E-state index contributed by atoms with van der Waals surface area (Å²) in [4.78, 5) is 0.815. The molecule has 0 N–H and O–H groups in total. The van der Waals surface area contributed by atoms with Crippen molar-refractivity contribution in [2.75, 3.05) is 6.61 Å². The van der Waals surface area contributed by atoms with Crippen LogP contribution >= 0.6 is 18.7 Å². The van der Waals surface area contributed by atoms with Crippen molar-refractivity contribution in [3.8, 4) is 5.75 Å². The van der Waals surface area contributed by atoms with Crippen LogP contribution in [0.1, 0.15) is 13.3 Å². The number of thiocarbonyl (C=S) groups is 1. The molecule has 2 rings (SSSR count). The molecule has 0 spiro atoms. The maximum atomic E-state index is 5.97. The van der Waals surface area contributed by atoms with Crippen molar-refractivity contribution in [3.63, 3.8) is 0 Å². The van der Waals surface area contributed by atoms with Crippen molar-refractivity contribution in [1.82, 2.24) is 0 Å². The summed E-state index contributed by atoms with van der Waals surface area (Å²) in [5.41, 5.74) is 0. The van der Waals surface area contributed by atoms with Gasteiger partial charge in [0.1, 0.15) is 5.75 Å². The van der Waals surface area contributed by atoms with E-state index in [-0.39, 0.29) is 0 Å². The Morgan fingerprint density at radius 3 is 2.63 bits per heavy atom. The van der Waals surface area contributed by atoms with E-state index in [4.69, 9.17) is 33.1 Å². The molecular formula is C14H15O2PS2. The smallest absolute Gasteiger partial charge is 0.270 e. The van der Waals surface area contributed by atoms with Gasteiger partial charge >= 0.3 is 0 Å². The van der Waals surface area contributed by atoms with Gasteiger partial charge in [0, 0.05) is 11.3 Å². The second kappa shape index (κ2) is 6.58. The Labute approximate surface area is 124 Å². The predicted molar refractivity (Wildman–Crippen MR) is 87.4 cm³/mol. The summed E-state index contributed by atoms with van der Waals surface area (Å²) in [6, 6.07) is 9.51. The molecule has 0 aromatic heterocycles. The molecule has 1 unspecified atom stereocenters. The van der Waals surface area contributed by atoms with Gasteiger partial charge in [0.2, 0.25) is 0 Å². The molecule has 19 heavy (non-hydrogen) atoms. The highest BCUT2D eigenvalue weighted by Crippen LogP contribution is 2.57. The Kier molecular flexibility index (Phi) is 5.06. The Morgan fingerprint density at radius 1 is 1.26 bits per heavy atom. The maximum absolute atomic E-state index is 5.97. The third-order valence-electron chi connectivity index (χ3n) is 2.54. The summed E-state index contributed by atoms with van der Waals surface area (Å²) >= 11 is 11.0. The lowest BCUT2D eigenvalue weighted by Crippen LogP contribution is -2.09. The summed E-state index contributed by atoms with van der Waals surface area (Å²) in [6.07, 6.45) is 6.62. The highest BCUT2D eigenvalue weighted by molar-refractivity contribution is 8.13. The van der Waals surface area contributed by atoms with Gasteiger partial charge in [-0.05, 0) is 36.9 Å². The van der Waals surface area contributed by atoms with Gasteiger partial charge in [-0.3, -0.25) is 0 Å². The number of hydrogen-bond donors (Lipinski definition) is 0. The fourth-order valence-electron chi connectivity index (χ4n) is 1.71. The molecule has 0 radical (unpaired) electrons. The zero-order valence-electron chi connectivity index (χ0n) is 10.6. The van der Waals surface area contributed by atoms with Crippen molar-refractivity contribution in [2.24, 2.45) is 0 Å². The molecule has 5 heteroatoms. The first-order valence-corrected chi connectivity index (χ1v) is 9.10. The van der Waals surface area contributed by atoms with E-state index in [1.165, 1.54) is 0 Å². The molecule has 1 aromatic carbocycles. The monoisotopic (exact) mass is 310 g/mol. The summed E-state index contributed by atoms with van der Waals surface area (Å²) in [6.45, 7) is -0.149. The van der Waals surface area contributed by atoms with E-state index in [1.807, 2.05) is 55.5 Å². The predicted octanol–water partition coefficient (Wildman–Crippen LogP) is 4.63. The van der Waals surface area contributed by atoms with Gasteiger partial charge in [-0.2, -0.15) is 0 Å². The fourth-order valence-corrected chi connectivity index (χ4v) is 5.19. The highest BCUT2D eigenvalue weighted by Gasteiger charge is 2.29. The summed E-state index contributed by atoms with van der Waals surface area (Å²) < 4.78 is 11.7. The number of rotatable bonds is 5. The molecule has 2 nitrogen and oxygen atoms in total. The first-order valence-electron chi connectivity index (χ1n) is 6.05. The Hall–Kier alpha value is -0.800. The van der Waals surface area contributed by atoms with Crippen LogP contribution in [0.5, 0.6) is 5.75 Å². The molecule has 0 saturated carbocycles. The minimum absolute atomic E-state index is 0.508. The van der Waals surface area contributed by atoms with Crippen LogP contribution in [0.15, 0.2) is 53.9 Å². The highest BCUT2D eigenvalue weighted by atomic mass is 32.5. The lowest BCUT2D eigenvalue weighted by Gasteiger charge is -2.26. The quantitative estimate of drug-likeness (QED) is 0.583. The van der Waals surface area contributed by atoms with Crippen LogP contribution in [0, 0.1) is 0 Å². The third kappa shape index (κ3) is 3.61. The molecule has 0 fully saturated rings. The third-order valence-corrected chi connectivity index (χ3v) is 6.27. The van der Waals surface area contributed by atoms with Gasteiger partial charge in [0.05, 0.1) is 11.9 Å². The average Bonchev–Trinajstić information content (AvgIpc) is 2.40. The molecular weight excluding hydrogens is 295 g/mol. The second-order valence-electron chi connectivity index (χ2n) is 3.93. The van der Waals surface area contributed by atoms with Gasteiger partial charge in [0.15, 0.2) is 0 Å². The summed E-state index contributed by atoms with van der Waals surface area (Å²) in [7, 11) is 0. The summed E-state index contributed by atoms with van der Waals surface area (Å²) in [5.74, 6) is 0.720. The number of allylic oxidation sites excluding steroid dienone is 4. The van der Waals surface area contributed by atoms with Crippen LogP contribution in [0.4, 0.5) is 0 Å². The van der Waals surface area contributed by atoms with Crippen molar-refractivity contribution in [2.45, 2.75) is 13.3 Å². The van der Waals surface area contributed by atoms with Crippen LogP contribution in [-0.4, -0.2) is 11.5 Å². The van der Waals surface area contributed by atoms with E-state index in [9.17, 15) is 0 Å². The maximum Gasteiger partial charge on any atom is 0.270 e. The standard InChI is InChI=1S/C14H15O2PS2/c1-2-15-17(19,13-10-6-7-11-14(13)18)16-12-8-4-3-5-9-12/h3-10H,2,11H2,1H3. The largest absolute Gasteiger partial charge is 0.440 e. The number of benzene rings is 1. The minimum atomic E-state index is -2.57. The molecule has 1 atom stereocenters. The Bertz CT molecular complexity index is 564. The molecule has 1 aromatic rings. The van der Waals surface area contributed by atoms with Crippen LogP contribution in [0.2, 0.25) is 0 Å². The first-order chi connectivity index (χ1) is 9.15. The van der Waals surface area contributed by atoms with Crippen molar-refractivity contribution in [3.05, 3.63) is 53.9 Å².